The van der Waals surface area contributed by atoms with Gasteiger partial charge in [-0.15, -0.1) is 18.3 Å². The summed E-state index contributed by atoms with van der Waals surface area (Å²) < 4.78 is 5.12. The highest BCUT2D eigenvalue weighted by Gasteiger charge is 2.26. The van der Waals surface area contributed by atoms with Gasteiger partial charge < -0.3 is 9.64 Å². The summed E-state index contributed by atoms with van der Waals surface area (Å²) in [5, 5.41) is 11.6. The SMILES string of the molecule is C=CCN(/C=C\C)/C(=C\C)c1cc(C2CCC2)c(C#N)c(SCSCCOC)n1. The van der Waals surface area contributed by atoms with Gasteiger partial charge in [0.1, 0.15) is 11.1 Å². The fourth-order valence-electron chi connectivity index (χ4n) is 3.25. The van der Waals surface area contributed by atoms with Crippen LogP contribution in [0.5, 0.6) is 0 Å². The lowest BCUT2D eigenvalue weighted by atomic mass is 9.78. The maximum atomic E-state index is 9.89. The van der Waals surface area contributed by atoms with E-state index in [9.17, 15) is 5.26 Å². The highest BCUT2D eigenvalue weighted by molar-refractivity contribution is 8.16. The van der Waals surface area contributed by atoms with E-state index in [1.165, 1.54) is 6.42 Å². The molecule has 0 atom stereocenters. The Morgan fingerprint density at radius 1 is 1.45 bits per heavy atom. The Labute approximate surface area is 184 Å². The lowest BCUT2D eigenvalue weighted by molar-refractivity contribution is 0.219. The maximum Gasteiger partial charge on any atom is 0.116 e. The molecule has 0 unspecified atom stereocenters. The van der Waals surface area contributed by atoms with Crippen molar-refractivity contribution in [2.24, 2.45) is 0 Å². The molecule has 0 aliphatic heterocycles. The Morgan fingerprint density at radius 3 is 2.79 bits per heavy atom. The third-order valence-corrected chi connectivity index (χ3v) is 7.05. The van der Waals surface area contributed by atoms with E-state index >= 15 is 0 Å². The van der Waals surface area contributed by atoms with Crippen LogP contribution in [0.1, 0.15) is 55.8 Å². The number of pyridine rings is 1. The fourth-order valence-corrected chi connectivity index (χ4v) is 5.25. The number of hydrogen-bond donors (Lipinski definition) is 0. The fraction of sp³-hybridized carbons (Fsp3) is 0.478. The summed E-state index contributed by atoms with van der Waals surface area (Å²) in [6.07, 6.45) is 11.6. The van der Waals surface area contributed by atoms with Crippen LogP contribution >= 0.6 is 23.5 Å². The third-order valence-electron chi connectivity index (χ3n) is 4.88. The van der Waals surface area contributed by atoms with Crippen molar-refractivity contribution in [3.63, 3.8) is 0 Å². The van der Waals surface area contributed by atoms with Crippen molar-refractivity contribution in [3.8, 4) is 6.07 Å². The van der Waals surface area contributed by atoms with Gasteiger partial charge in [0.2, 0.25) is 0 Å². The van der Waals surface area contributed by atoms with Gasteiger partial charge in [-0.2, -0.15) is 5.26 Å². The van der Waals surface area contributed by atoms with Gasteiger partial charge in [0.25, 0.3) is 0 Å². The second kappa shape index (κ2) is 12.8. The van der Waals surface area contributed by atoms with Crippen LogP contribution in [0.25, 0.3) is 5.70 Å². The second-order valence-corrected chi connectivity index (χ2v) is 9.21. The molecular weight excluding hydrogens is 398 g/mol. The van der Waals surface area contributed by atoms with Gasteiger partial charge in [-0.25, -0.2) is 4.98 Å². The van der Waals surface area contributed by atoms with Crippen LogP contribution in [0.4, 0.5) is 0 Å². The van der Waals surface area contributed by atoms with E-state index in [1.807, 2.05) is 44.0 Å². The minimum atomic E-state index is 0.472. The summed E-state index contributed by atoms with van der Waals surface area (Å²) in [6.45, 7) is 9.37. The molecule has 0 saturated heterocycles. The van der Waals surface area contributed by atoms with Crippen molar-refractivity contribution in [1.82, 2.24) is 9.88 Å². The smallest absolute Gasteiger partial charge is 0.116 e. The molecule has 0 N–H and O–H groups in total. The Hall–Kier alpha value is -1.68. The number of ether oxygens (including phenoxy) is 1. The van der Waals surface area contributed by atoms with Crippen LogP contribution in [0.2, 0.25) is 0 Å². The first-order valence-corrected chi connectivity index (χ1v) is 12.2. The summed E-state index contributed by atoms with van der Waals surface area (Å²) in [4.78, 5) is 7.08. The molecule has 1 heterocycles. The molecule has 1 aromatic heterocycles. The summed E-state index contributed by atoms with van der Waals surface area (Å²) in [5.41, 5.74) is 3.89. The number of hydrogen-bond acceptors (Lipinski definition) is 6. The van der Waals surface area contributed by atoms with Crippen LogP contribution in [-0.4, -0.2) is 41.0 Å². The van der Waals surface area contributed by atoms with E-state index in [0.29, 0.717) is 12.5 Å². The molecule has 2 rings (SSSR count). The predicted octanol–water partition coefficient (Wildman–Crippen LogP) is 6.03. The number of methoxy groups -OCH3 is 1. The van der Waals surface area contributed by atoms with Crippen molar-refractivity contribution < 1.29 is 4.74 Å². The maximum absolute atomic E-state index is 9.89. The molecular formula is C23H31N3OS2. The Kier molecular flexibility index (Phi) is 10.4. The average Bonchev–Trinajstić information content (AvgIpc) is 2.67. The van der Waals surface area contributed by atoms with E-state index in [4.69, 9.17) is 9.72 Å². The molecule has 1 aliphatic carbocycles. The zero-order valence-corrected chi connectivity index (χ0v) is 19.3. The van der Waals surface area contributed by atoms with Gasteiger partial charge in [0, 0.05) is 30.7 Å². The van der Waals surface area contributed by atoms with E-state index in [2.05, 4.69) is 29.7 Å². The van der Waals surface area contributed by atoms with Crippen molar-refractivity contribution in [2.75, 3.05) is 31.1 Å². The molecule has 0 bridgehead atoms. The van der Waals surface area contributed by atoms with Crippen LogP contribution < -0.4 is 0 Å². The monoisotopic (exact) mass is 429 g/mol. The number of nitrogens with zero attached hydrogens (tertiary/aromatic N) is 3. The molecule has 1 fully saturated rings. The minimum absolute atomic E-state index is 0.472. The molecule has 0 aromatic carbocycles. The lowest BCUT2D eigenvalue weighted by Crippen LogP contribution is -2.18. The molecule has 1 aliphatic rings. The predicted molar refractivity (Wildman–Crippen MR) is 126 cm³/mol. The third kappa shape index (κ3) is 6.40. The number of aromatic nitrogens is 1. The minimum Gasteiger partial charge on any atom is -0.384 e. The Morgan fingerprint density at radius 2 is 2.24 bits per heavy atom. The van der Waals surface area contributed by atoms with Gasteiger partial charge in [-0.05, 0) is 44.2 Å². The first-order valence-electron chi connectivity index (χ1n) is 10.0. The van der Waals surface area contributed by atoms with Gasteiger partial charge in [0.15, 0.2) is 0 Å². The van der Waals surface area contributed by atoms with Crippen molar-refractivity contribution >= 4 is 29.2 Å². The first kappa shape index (κ1) is 23.6. The van der Waals surface area contributed by atoms with Crippen molar-refractivity contribution in [1.29, 1.82) is 5.26 Å². The van der Waals surface area contributed by atoms with Crippen molar-refractivity contribution in [2.45, 2.75) is 44.1 Å². The second-order valence-electron chi connectivity index (χ2n) is 6.78. The van der Waals surface area contributed by atoms with Crippen LogP contribution in [0.3, 0.4) is 0 Å². The van der Waals surface area contributed by atoms with E-state index in [1.54, 1.807) is 18.9 Å². The largest absolute Gasteiger partial charge is 0.384 e. The number of rotatable bonds is 12. The van der Waals surface area contributed by atoms with Crippen LogP contribution in [0, 0.1) is 11.3 Å². The van der Waals surface area contributed by atoms with E-state index in [0.717, 1.165) is 57.8 Å². The van der Waals surface area contributed by atoms with Crippen molar-refractivity contribution in [3.05, 3.63) is 53.9 Å². The van der Waals surface area contributed by atoms with Gasteiger partial charge in [-0.1, -0.05) is 36.4 Å². The van der Waals surface area contributed by atoms with E-state index < -0.39 is 0 Å². The summed E-state index contributed by atoms with van der Waals surface area (Å²) >= 11 is 3.47. The highest BCUT2D eigenvalue weighted by atomic mass is 32.2. The Bertz CT molecular complexity index is 779. The molecule has 4 nitrogen and oxygen atoms in total. The average molecular weight is 430 g/mol. The zero-order valence-electron chi connectivity index (χ0n) is 17.7. The molecule has 1 aromatic rings. The van der Waals surface area contributed by atoms with Gasteiger partial charge >= 0.3 is 0 Å². The quantitative estimate of drug-likeness (QED) is 0.175. The lowest BCUT2D eigenvalue weighted by Gasteiger charge is -2.29. The highest BCUT2D eigenvalue weighted by Crippen LogP contribution is 2.41. The van der Waals surface area contributed by atoms with Crippen LogP contribution in [-0.2, 0) is 4.74 Å². The number of thioether (sulfide) groups is 2. The molecule has 0 amide bonds. The normalized spacial score (nSPS) is 14.6. The molecule has 6 heteroatoms. The summed E-state index contributed by atoms with van der Waals surface area (Å²) in [6, 6.07) is 4.59. The molecule has 156 valence electrons. The molecule has 1 saturated carbocycles. The molecule has 0 spiro atoms. The van der Waals surface area contributed by atoms with E-state index in [-0.39, 0.29) is 0 Å². The molecule has 0 radical (unpaired) electrons. The topological polar surface area (TPSA) is 49.2 Å². The standard InChI is InChI=1S/C23H31N3OS2/c1-5-11-26(12-6-2)22(7-3)21-15-19(18-9-8-10-18)20(16-24)23(25-21)29-17-28-14-13-27-4/h5-7,12,15,18H,1,8-11,13-14,17H2,2-4H3/b12-6-,22-7-. The van der Waals surface area contributed by atoms with Gasteiger partial charge in [-0.3, -0.25) is 0 Å². The summed E-state index contributed by atoms with van der Waals surface area (Å²) in [5.74, 6) is 1.41. The first-order chi connectivity index (χ1) is 14.2. The number of nitriles is 1. The zero-order chi connectivity index (χ0) is 21.1. The molecule has 29 heavy (non-hydrogen) atoms. The van der Waals surface area contributed by atoms with Crippen LogP contribution in [0.15, 0.2) is 42.1 Å². The Balaban J connectivity index is 2.41. The summed E-state index contributed by atoms with van der Waals surface area (Å²) in [7, 11) is 1.72. The van der Waals surface area contributed by atoms with Gasteiger partial charge in [0.05, 0.1) is 23.6 Å². The number of allylic oxidation sites excluding steroid dienone is 2.